The van der Waals surface area contributed by atoms with E-state index < -0.39 is 0 Å². The van der Waals surface area contributed by atoms with Gasteiger partial charge in [-0.2, -0.15) is 0 Å². The van der Waals surface area contributed by atoms with Crippen LogP contribution in [0.4, 0.5) is 0 Å². The molecule has 2 rings (SSSR count). The minimum atomic E-state index is -0.261. The number of pyridine rings is 1. The topological polar surface area (TPSA) is 51.2 Å². The van der Waals surface area contributed by atoms with Crippen LogP contribution in [0.3, 0.4) is 0 Å². The predicted octanol–water partition coefficient (Wildman–Crippen LogP) is 1.77. The average molecular weight is 234 g/mol. The summed E-state index contributed by atoms with van der Waals surface area (Å²) in [5, 5.41) is 3.43. The van der Waals surface area contributed by atoms with Crippen molar-refractivity contribution >= 4 is 5.97 Å². The number of carbonyl (C=O) groups is 1. The van der Waals surface area contributed by atoms with Crippen molar-refractivity contribution in [2.75, 3.05) is 13.2 Å². The number of nitrogens with zero attached hydrogens (tertiary/aromatic N) is 1. The molecule has 1 aliphatic heterocycles. The minimum Gasteiger partial charge on any atom is -0.462 e. The van der Waals surface area contributed by atoms with Crippen molar-refractivity contribution in [3.05, 3.63) is 30.1 Å². The smallest absolute Gasteiger partial charge is 0.338 e. The van der Waals surface area contributed by atoms with Gasteiger partial charge in [0.2, 0.25) is 0 Å². The number of carbonyl (C=O) groups excluding carboxylic acids is 1. The Kier molecular flexibility index (Phi) is 4.50. The summed E-state index contributed by atoms with van der Waals surface area (Å²) in [6.45, 7) is 1.57. The number of rotatable bonds is 4. The molecular weight excluding hydrogens is 216 g/mol. The number of piperidine rings is 1. The number of esters is 1. The lowest BCUT2D eigenvalue weighted by Gasteiger charge is -2.23. The van der Waals surface area contributed by atoms with Crippen LogP contribution in [0.15, 0.2) is 24.5 Å². The first-order valence-electron chi connectivity index (χ1n) is 6.17. The van der Waals surface area contributed by atoms with Gasteiger partial charge in [-0.05, 0) is 37.9 Å². The SMILES string of the molecule is O=C(OCCC1CCCCN1)c1ccncc1. The van der Waals surface area contributed by atoms with E-state index in [1.165, 1.54) is 19.3 Å². The van der Waals surface area contributed by atoms with Crippen LogP contribution in [0.1, 0.15) is 36.0 Å². The molecule has 0 amide bonds. The molecule has 92 valence electrons. The van der Waals surface area contributed by atoms with Crippen LogP contribution in [0, 0.1) is 0 Å². The Hall–Kier alpha value is -1.42. The molecule has 1 aliphatic rings. The third-order valence-corrected chi connectivity index (χ3v) is 3.03. The fraction of sp³-hybridized carbons (Fsp3) is 0.538. The molecule has 1 unspecified atom stereocenters. The second-order valence-electron chi connectivity index (χ2n) is 4.31. The molecule has 0 bridgehead atoms. The molecule has 0 spiro atoms. The summed E-state index contributed by atoms with van der Waals surface area (Å²) < 4.78 is 5.22. The zero-order chi connectivity index (χ0) is 11.9. The van der Waals surface area contributed by atoms with Crippen molar-refractivity contribution in [3.8, 4) is 0 Å². The zero-order valence-electron chi connectivity index (χ0n) is 9.89. The fourth-order valence-electron chi connectivity index (χ4n) is 2.04. The van der Waals surface area contributed by atoms with Gasteiger partial charge in [0.1, 0.15) is 0 Å². The summed E-state index contributed by atoms with van der Waals surface area (Å²) >= 11 is 0. The van der Waals surface area contributed by atoms with Crippen LogP contribution in [-0.2, 0) is 4.74 Å². The van der Waals surface area contributed by atoms with Crippen LogP contribution < -0.4 is 5.32 Å². The molecule has 1 saturated heterocycles. The first-order chi connectivity index (χ1) is 8.36. The van der Waals surface area contributed by atoms with Crippen molar-refractivity contribution in [1.82, 2.24) is 10.3 Å². The number of ether oxygens (including phenoxy) is 1. The van der Waals surface area contributed by atoms with E-state index in [2.05, 4.69) is 10.3 Å². The second kappa shape index (κ2) is 6.35. The molecule has 4 nitrogen and oxygen atoms in total. The highest BCUT2D eigenvalue weighted by Crippen LogP contribution is 2.10. The van der Waals surface area contributed by atoms with Crippen LogP contribution >= 0.6 is 0 Å². The van der Waals surface area contributed by atoms with Crippen molar-refractivity contribution in [2.24, 2.45) is 0 Å². The maximum absolute atomic E-state index is 11.6. The van der Waals surface area contributed by atoms with Crippen molar-refractivity contribution in [1.29, 1.82) is 0 Å². The molecule has 1 atom stereocenters. The minimum absolute atomic E-state index is 0.261. The van der Waals surface area contributed by atoms with Gasteiger partial charge >= 0.3 is 5.97 Å². The number of nitrogens with one attached hydrogen (secondary N) is 1. The molecule has 1 N–H and O–H groups in total. The van der Waals surface area contributed by atoms with Gasteiger partial charge in [0.05, 0.1) is 12.2 Å². The van der Waals surface area contributed by atoms with E-state index in [0.29, 0.717) is 18.2 Å². The maximum Gasteiger partial charge on any atom is 0.338 e. The van der Waals surface area contributed by atoms with Gasteiger partial charge in [-0.1, -0.05) is 6.42 Å². The van der Waals surface area contributed by atoms with Gasteiger partial charge in [-0.25, -0.2) is 4.79 Å². The molecule has 0 aromatic carbocycles. The van der Waals surface area contributed by atoms with E-state index in [0.717, 1.165) is 13.0 Å². The Morgan fingerprint density at radius 1 is 1.41 bits per heavy atom. The van der Waals surface area contributed by atoms with E-state index in [1.54, 1.807) is 24.5 Å². The van der Waals surface area contributed by atoms with Crippen molar-refractivity contribution in [2.45, 2.75) is 31.7 Å². The Labute approximate surface area is 101 Å². The van der Waals surface area contributed by atoms with Crippen molar-refractivity contribution in [3.63, 3.8) is 0 Å². The summed E-state index contributed by atoms with van der Waals surface area (Å²) in [6, 6.07) is 3.84. The molecule has 1 aromatic heterocycles. The summed E-state index contributed by atoms with van der Waals surface area (Å²) in [6.07, 6.45) is 7.81. The van der Waals surface area contributed by atoms with Gasteiger partial charge < -0.3 is 10.1 Å². The Morgan fingerprint density at radius 3 is 2.94 bits per heavy atom. The lowest BCUT2D eigenvalue weighted by molar-refractivity contribution is 0.0486. The van der Waals surface area contributed by atoms with Crippen LogP contribution in [-0.4, -0.2) is 30.1 Å². The molecule has 1 aromatic rings. The lowest BCUT2D eigenvalue weighted by Crippen LogP contribution is -2.35. The summed E-state index contributed by atoms with van der Waals surface area (Å²) in [4.78, 5) is 15.5. The van der Waals surface area contributed by atoms with Crippen molar-refractivity contribution < 1.29 is 9.53 Å². The predicted molar refractivity (Wildman–Crippen MR) is 64.8 cm³/mol. The van der Waals surface area contributed by atoms with E-state index >= 15 is 0 Å². The van der Waals surface area contributed by atoms with E-state index in [4.69, 9.17) is 4.74 Å². The molecule has 4 heteroatoms. The summed E-state index contributed by atoms with van der Waals surface area (Å²) in [7, 11) is 0. The molecule has 0 radical (unpaired) electrons. The molecule has 0 saturated carbocycles. The molecule has 0 aliphatic carbocycles. The van der Waals surface area contributed by atoms with Crippen LogP contribution in [0.2, 0.25) is 0 Å². The third kappa shape index (κ3) is 3.82. The molecule has 17 heavy (non-hydrogen) atoms. The van der Waals surface area contributed by atoms with Gasteiger partial charge in [-0.3, -0.25) is 4.98 Å². The monoisotopic (exact) mass is 234 g/mol. The molecule has 2 heterocycles. The third-order valence-electron chi connectivity index (χ3n) is 3.03. The Bertz CT molecular complexity index is 348. The Morgan fingerprint density at radius 2 is 2.24 bits per heavy atom. The highest BCUT2D eigenvalue weighted by Gasteiger charge is 2.13. The lowest BCUT2D eigenvalue weighted by atomic mass is 10.0. The quantitative estimate of drug-likeness (QED) is 0.807. The first-order valence-corrected chi connectivity index (χ1v) is 6.17. The summed E-state index contributed by atoms with van der Waals surface area (Å²) in [5.74, 6) is -0.261. The fourth-order valence-corrected chi connectivity index (χ4v) is 2.04. The summed E-state index contributed by atoms with van der Waals surface area (Å²) in [5.41, 5.74) is 0.566. The van der Waals surface area contributed by atoms with Gasteiger partial charge in [-0.15, -0.1) is 0 Å². The highest BCUT2D eigenvalue weighted by molar-refractivity contribution is 5.89. The van der Waals surface area contributed by atoms with Crippen LogP contribution in [0.25, 0.3) is 0 Å². The van der Waals surface area contributed by atoms with E-state index in [9.17, 15) is 4.79 Å². The van der Waals surface area contributed by atoms with E-state index in [-0.39, 0.29) is 5.97 Å². The Balaban J connectivity index is 1.69. The average Bonchev–Trinajstić information content (AvgIpc) is 2.41. The second-order valence-corrected chi connectivity index (χ2v) is 4.31. The largest absolute Gasteiger partial charge is 0.462 e. The number of hydrogen-bond acceptors (Lipinski definition) is 4. The van der Waals surface area contributed by atoms with Crippen LogP contribution in [0.5, 0.6) is 0 Å². The number of aromatic nitrogens is 1. The number of hydrogen-bond donors (Lipinski definition) is 1. The molecular formula is C13H18N2O2. The van der Waals surface area contributed by atoms with E-state index in [1.807, 2.05) is 0 Å². The van der Waals surface area contributed by atoms with Gasteiger partial charge in [0.15, 0.2) is 0 Å². The highest BCUT2D eigenvalue weighted by atomic mass is 16.5. The van der Waals surface area contributed by atoms with Gasteiger partial charge in [0.25, 0.3) is 0 Å². The normalized spacial score (nSPS) is 19.9. The van der Waals surface area contributed by atoms with Gasteiger partial charge in [0, 0.05) is 18.4 Å². The maximum atomic E-state index is 11.6. The standard InChI is InChI=1S/C13H18N2O2/c16-13(11-4-8-14-9-5-11)17-10-6-12-3-1-2-7-15-12/h4-5,8-9,12,15H,1-3,6-7,10H2. The zero-order valence-corrected chi connectivity index (χ0v) is 9.89. The first kappa shape index (κ1) is 12.0. The molecule has 1 fully saturated rings.